The van der Waals surface area contributed by atoms with Gasteiger partial charge in [0.2, 0.25) is 5.56 Å². The first-order valence-electron chi connectivity index (χ1n) is 6.47. The van der Waals surface area contributed by atoms with Crippen molar-refractivity contribution in [2.24, 2.45) is 0 Å². The molecule has 5 heteroatoms. The van der Waals surface area contributed by atoms with Gasteiger partial charge in [0, 0.05) is 17.0 Å². The highest BCUT2D eigenvalue weighted by Gasteiger charge is 2.11. The topological polar surface area (TPSA) is 74.0 Å². The van der Waals surface area contributed by atoms with Crippen molar-refractivity contribution in [2.75, 3.05) is 5.43 Å². The van der Waals surface area contributed by atoms with Crippen LogP contribution in [0.25, 0.3) is 10.9 Å². The molecule has 0 atom stereocenters. The molecule has 1 heterocycles. The van der Waals surface area contributed by atoms with Gasteiger partial charge < -0.3 is 4.98 Å². The number of aromatic amines is 1. The second-order valence-corrected chi connectivity index (χ2v) is 4.54. The average molecular weight is 279 g/mol. The fraction of sp³-hybridized carbons (Fsp3) is 0. The number of para-hydroxylation sites is 2. The zero-order valence-electron chi connectivity index (χ0n) is 11.1. The molecule has 0 radical (unpaired) electrons. The summed E-state index contributed by atoms with van der Waals surface area (Å²) in [4.78, 5) is 26.6. The molecule has 3 aromatic rings. The van der Waals surface area contributed by atoms with E-state index in [0.29, 0.717) is 16.5 Å². The van der Waals surface area contributed by atoms with Crippen LogP contribution in [0.5, 0.6) is 0 Å². The van der Waals surface area contributed by atoms with Crippen LogP contribution in [0.15, 0.2) is 65.5 Å². The molecular formula is C16H13N3O2. The lowest BCUT2D eigenvalue weighted by Crippen LogP contribution is -2.30. The summed E-state index contributed by atoms with van der Waals surface area (Å²) in [7, 11) is 0. The number of fused-ring (bicyclic) bond motifs is 1. The van der Waals surface area contributed by atoms with E-state index in [2.05, 4.69) is 15.8 Å². The average Bonchev–Trinajstić information content (AvgIpc) is 2.52. The Morgan fingerprint density at radius 2 is 1.67 bits per heavy atom. The SMILES string of the molecule is O=C(NNc1ccccc1)c1cc(=O)[nH]c2ccccc12. The second kappa shape index (κ2) is 5.50. The predicted molar refractivity (Wildman–Crippen MR) is 82.1 cm³/mol. The van der Waals surface area contributed by atoms with Gasteiger partial charge in [-0.25, -0.2) is 0 Å². The highest BCUT2D eigenvalue weighted by molar-refractivity contribution is 6.06. The number of hydrogen-bond acceptors (Lipinski definition) is 3. The quantitative estimate of drug-likeness (QED) is 0.644. The van der Waals surface area contributed by atoms with Gasteiger partial charge in [0.15, 0.2) is 0 Å². The molecule has 5 nitrogen and oxygen atoms in total. The third-order valence-electron chi connectivity index (χ3n) is 3.09. The first-order valence-corrected chi connectivity index (χ1v) is 6.47. The normalized spacial score (nSPS) is 10.3. The molecule has 0 aliphatic carbocycles. The zero-order valence-corrected chi connectivity index (χ0v) is 11.1. The monoisotopic (exact) mass is 279 g/mol. The number of hydrogen-bond donors (Lipinski definition) is 3. The number of rotatable bonds is 3. The number of pyridine rings is 1. The molecule has 0 saturated heterocycles. The van der Waals surface area contributed by atoms with Crippen molar-refractivity contribution in [3.63, 3.8) is 0 Å². The number of benzene rings is 2. The number of hydrazine groups is 1. The Morgan fingerprint density at radius 1 is 0.952 bits per heavy atom. The van der Waals surface area contributed by atoms with E-state index in [1.165, 1.54) is 6.07 Å². The largest absolute Gasteiger partial charge is 0.322 e. The van der Waals surface area contributed by atoms with Crippen LogP contribution in [-0.2, 0) is 0 Å². The van der Waals surface area contributed by atoms with Gasteiger partial charge in [0.25, 0.3) is 5.91 Å². The van der Waals surface area contributed by atoms with E-state index < -0.39 is 0 Å². The maximum Gasteiger partial charge on any atom is 0.270 e. The summed E-state index contributed by atoms with van der Waals surface area (Å²) in [6, 6.07) is 17.7. The van der Waals surface area contributed by atoms with Gasteiger partial charge in [-0.1, -0.05) is 36.4 Å². The van der Waals surface area contributed by atoms with Gasteiger partial charge in [-0.05, 0) is 18.2 Å². The zero-order chi connectivity index (χ0) is 14.7. The van der Waals surface area contributed by atoms with Crippen LogP contribution in [0.1, 0.15) is 10.4 Å². The molecule has 0 spiro atoms. The molecule has 104 valence electrons. The molecular weight excluding hydrogens is 266 g/mol. The summed E-state index contributed by atoms with van der Waals surface area (Å²) in [5.74, 6) is -0.360. The summed E-state index contributed by atoms with van der Waals surface area (Å²) in [5, 5.41) is 0.699. The second-order valence-electron chi connectivity index (χ2n) is 4.54. The third kappa shape index (κ3) is 2.76. The molecule has 1 amide bonds. The molecule has 0 fully saturated rings. The lowest BCUT2D eigenvalue weighted by Gasteiger charge is -2.09. The Balaban J connectivity index is 1.89. The summed E-state index contributed by atoms with van der Waals surface area (Å²) >= 11 is 0. The van der Waals surface area contributed by atoms with Crippen molar-refractivity contribution in [1.29, 1.82) is 0 Å². The van der Waals surface area contributed by atoms with Gasteiger partial charge in [-0.15, -0.1) is 0 Å². The fourth-order valence-electron chi connectivity index (χ4n) is 2.11. The maximum absolute atomic E-state index is 12.3. The lowest BCUT2D eigenvalue weighted by atomic mass is 10.1. The molecule has 21 heavy (non-hydrogen) atoms. The van der Waals surface area contributed by atoms with Crippen molar-refractivity contribution in [3.05, 3.63) is 76.6 Å². The van der Waals surface area contributed by atoms with Crippen LogP contribution < -0.4 is 16.4 Å². The van der Waals surface area contributed by atoms with Crippen molar-refractivity contribution < 1.29 is 4.79 Å². The molecule has 3 rings (SSSR count). The lowest BCUT2D eigenvalue weighted by molar-refractivity contribution is 0.0964. The van der Waals surface area contributed by atoms with Crippen LogP contribution in [-0.4, -0.2) is 10.9 Å². The minimum Gasteiger partial charge on any atom is -0.322 e. The first-order chi connectivity index (χ1) is 10.2. The number of carbonyl (C=O) groups is 1. The van der Waals surface area contributed by atoms with E-state index in [1.54, 1.807) is 12.1 Å². The number of aromatic nitrogens is 1. The number of anilines is 1. The standard InChI is InChI=1S/C16H13N3O2/c20-15-10-13(12-8-4-5-9-14(12)17-15)16(21)19-18-11-6-2-1-3-7-11/h1-10,18H,(H,17,20)(H,19,21). The van der Waals surface area contributed by atoms with E-state index in [1.807, 2.05) is 42.5 Å². The maximum atomic E-state index is 12.3. The smallest absolute Gasteiger partial charge is 0.270 e. The molecule has 3 N–H and O–H groups in total. The van der Waals surface area contributed by atoms with E-state index in [4.69, 9.17) is 0 Å². The van der Waals surface area contributed by atoms with Gasteiger partial charge in [-0.3, -0.25) is 20.4 Å². The Labute approximate surface area is 120 Å². The summed E-state index contributed by atoms with van der Waals surface area (Å²) < 4.78 is 0. The molecule has 0 aliphatic heterocycles. The number of carbonyl (C=O) groups excluding carboxylic acids is 1. The molecule has 1 aromatic heterocycles. The fourth-order valence-corrected chi connectivity index (χ4v) is 2.11. The van der Waals surface area contributed by atoms with Crippen LogP contribution in [0.4, 0.5) is 5.69 Å². The Morgan fingerprint density at radius 3 is 2.48 bits per heavy atom. The van der Waals surface area contributed by atoms with E-state index in [0.717, 1.165) is 5.69 Å². The van der Waals surface area contributed by atoms with Gasteiger partial charge >= 0.3 is 0 Å². The molecule has 0 bridgehead atoms. The first kappa shape index (κ1) is 12.9. The highest BCUT2D eigenvalue weighted by atomic mass is 16.2. The Hall–Kier alpha value is -3.08. The molecule has 0 saturated carbocycles. The Kier molecular flexibility index (Phi) is 3.39. The van der Waals surface area contributed by atoms with E-state index in [-0.39, 0.29) is 11.5 Å². The van der Waals surface area contributed by atoms with Gasteiger partial charge in [0.1, 0.15) is 0 Å². The van der Waals surface area contributed by atoms with Gasteiger partial charge in [0.05, 0.1) is 11.3 Å². The predicted octanol–water partition coefficient (Wildman–Crippen LogP) is 2.29. The summed E-state index contributed by atoms with van der Waals surface area (Å²) in [6.07, 6.45) is 0. The highest BCUT2D eigenvalue weighted by Crippen LogP contribution is 2.14. The van der Waals surface area contributed by atoms with Crippen molar-refractivity contribution in [1.82, 2.24) is 10.4 Å². The van der Waals surface area contributed by atoms with Crippen LogP contribution in [0.3, 0.4) is 0 Å². The Bertz CT molecular complexity index is 841. The van der Waals surface area contributed by atoms with Crippen LogP contribution in [0.2, 0.25) is 0 Å². The van der Waals surface area contributed by atoms with Crippen molar-refractivity contribution in [3.8, 4) is 0 Å². The summed E-state index contributed by atoms with van der Waals surface area (Å²) in [6.45, 7) is 0. The minimum absolute atomic E-state index is 0.307. The molecule has 0 unspecified atom stereocenters. The van der Waals surface area contributed by atoms with E-state index >= 15 is 0 Å². The third-order valence-corrected chi connectivity index (χ3v) is 3.09. The summed E-state index contributed by atoms with van der Waals surface area (Å²) in [5.41, 5.74) is 6.83. The number of nitrogens with one attached hydrogen (secondary N) is 3. The van der Waals surface area contributed by atoms with Gasteiger partial charge in [-0.2, -0.15) is 0 Å². The van der Waals surface area contributed by atoms with Crippen LogP contribution in [0, 0.1) is 0 Å². The molecule has 0 aliphatic rings. The van der Waals surface area contributed by atoms with Crippen LogP contribution >= 0.6 is 0 Å². The minimum atomic E-state index is -0.360. The van der Waals surface area contributed by atoms with E-state index in [9.17, 15) is 9.59 Å². The van der Waals surface area contributed by atoms with Crippen molar-refractivity contribution in [2.45, 2.75) is 0 Å². The molecule has 2 aromatic carbocycles. The van der Waals surface area contributed by atoms with Crippen molar-refractivity contribution >= 4 is 22.5 Å². The number of H-pyrrole nitrogens is 1. The number of amides is 1.